The highest BCUT2D eigenvalue weighted by Gasteiger charge is 2.25. The molecule has 0 saturated heterocycles. The highest BCUT2D eigenvalue weighted by Crippen LogP contribution is 2.16. The van der Waals surface area contributed by atoms with E-state index in [0.717, 1.165) is 0 Å². The van der Waals surface area contributed by atoms with E-state index in [0.29, 0.717) is 10.9 Å². The van der Waals surface area contributed by atoms with Gasteiger partial charge in [-0.05, 0) is 33.1 Å². The third-order valence-corrected chi connectivity index (χ3v) is 3.55. The zero-order valence-corrected chi connectivity index (χ0v) is 11.4. The second-order valence-electron chi connectivity index (χ2n) is 4.06. The Balaban J connectivity index is 2.76. The number of nitrogens with zero attached hydrogens (tertiary/aromatic N) is 3. The minimum atomic E-state index is -1.24. The molecule has 88 valence electrons. The molecule has 0 saturated carbocycles. The van der Waals surface area contributed by atoms with Gasteiger partial charge in [0.05, 0.1) is 5.69 Å². The van der Waals surface area contributed by atoms with Gasteiger partial charge in [-0.1, -0.05) is 16.2 Å². The normalized spacial score (nSPS) is 14.3. The van der Waals surface area contributed by atoms with Gasteiger partial charge in [0.25, 0.3) is 0 Å². The number of thioether (sulfide) groups is 1. The molecule has 1 aromatic rings. The van der Waals surface area contributed by atoms with Crippen LogP contribution in [0.3, 0.4) is 0 Å². The number of hydrogen-bond acceptors (Lipinski definition) is 5. The van der Waals surface area contributed by atoms with Crippen molar-refractivity contribution >= 4 is 29.3 Å². The summed E-state index contributed by atoms with van der Waals surface area (Å²) >= 11 is 0.219. The molecule has 0 bridgehead atoms. The Morgan fingerprint density at radius 3 is 2.75 bits per heavy atom. The molecule has 1 heterocycles. The zero-order valence-electron chi connectivity index (χ0n) is 9.80. The van der Waals surface area contributed by atoms with Crippen molar-refractivity contribution < 1.29 is 4.55 Å². The van der Waals surface area contributed by atoms with Crippen LogP contribution in [0.25, 0.3) is 0 Å². The molecule has 4 nitrogen and oxygen atoms in total. The third-order valence-electron chi connectivity index (χ3n) is 1.64. The van der Waals surface area contributed by atoms with Crippen LogP contribution >= 0.6 is 11.8 Å². The Morgan fingerprint density at radius 2 is 2.19 bits per heavy atom. The second kappa shape index (κ2) is 5.65. The lowest BCUT2D eigenvalue weighted by molar-refractivity contribution is 0.562. The van der Waals surface area contributed by atoms with Gasteiger partial charge in [0.1, 0.15) is 22.3 Å². The fourth-order valence-electron chi connectivity index (χ4n) is 0.784. The van der Waals surface area contributed by atoms with Crippen LogP contribution in [0.4, 0.5) is 0 Å². The molecular weight excluding hydrogens is 242 g/mol. The Morgan fingerprint density at radius 1 is 1.50 bits per heavy atom. The first-order valence-corrected chi connectivity index (χ1v) is 7.10. The van der Waals surface area contributed by atoms with E-state index in [-0.39, 0.29) is 4.75 Å². The fourth-order valence-corrected chi connectivity index (χ4v) is 1.67. The van der Waals surface area contributed by atoms with Crippen LogP contribution in [-0.4, -0.2) is 31.7 Å². The maximum absolute atomic E-state index is 11.7. The summed E-state index contributed by atoms with van der Waals surface area (Å²) in [5, 5.41) is 0.686. The molecule has 0 N–H and O–H groups in total. The molecule has 0 aromatic carbocycles. The average Bonchev–Trinajstić information content (AvgIpc) is 2.25. The van der Waals surface area contributed by atoms with Crippen molar-refractivity contribution in [3.63, 3.8) is 0 Å². The van der Waals surface area contributed by atoms with Crippen molar-refractivity contribution in [2.75, 3.05) is 6.26 Å². The molecule has 0 spiro atoms. The maximum atomic E-state index is 11.7. The summed E-state index contributed by atoms with van der Waals surface area (Å²) in [6.45, 7) is 5.65. The summed E-state index contributed by atoms with van der Waals surface area (Å²) in [6.07, 6.45) is 5.10. The van der Waals surface area contributed by atoms with E-state index in [1.165, 1.54) is 18.0 Å². The summed E-state index contributed by atoms with van der Waals surface area (Å²) in [6, 6.07) is 1.74. The minimum absolute atomic E-state index is 0.341. The molecule has 1 unspecified atom stereocenters. The second-order valence-corrected chi connectivity index (χ2v) is 6.77. The van der Waals surface area contributed by atoms with Crippen molar-refractivity contribution in [2.45, 2.75) is 30.7 Å². The first kappa shape index (κ1) is 13.5. The van der Waals surface area contributed by atoms with Gasteiger partial charge in [-0.2, -0.15) is 0 Å². The van der Waals surface area contributed by atoms with E-state index in [9.17, 15) is 4.55 Å². The molecule has 0 fully saturated rings. The molecule has 16 heavy (non-hydrogen) atoms. The first-order chi connectivity index (χ1) is 7.43. The van der Waals surface area contributed by atoms with Crippen molar-refractivity contribution in [3.8, 4) is 0 Å². The Hall–Kier alpha value is -0.590. The summed E-state index contributed by atoms with van der Waals surface area (Å²) in [4.78, 5) is 8.26. The van der Waals surface area contributed by atoms with E-state index >= 15 is 0 Å². The van der Waals surface area contributed by atoms with Crippen LogP contribution in [-0.2, 0) is 11.4 Å². The highest BCUT2D eigenvalue weighted by molar-refractivity contribution is 7.98. The summed E-state index contributed by atoms with van der Waals surface area (Å²) in [5.41, 5.74) is 0.678. The molecule has 1 aromatic heterocycles. The SMILES string of the molecule is CSc1nccc(/C=N/[S+]([O-])C(C)(C)C)n1. The summed E-state index contributed by atoms with van der Waals surface area (Å²) in [5.74, 6) is 0. The largest absolute Gasteiger partial charge is 0.591 e. The minimum Gasteiger partial charge on any atom is -0.591 e. The molecule has 0 radical (unpaired) electrons. The Bertz CT molecular complexity index is 377. The maximum Gasteiger partial charge on any atom is 0.187 e. The van der Waals surface area contributed by atoms with Crippen LogP contribution < -0.4 is 0 Å². The molecule has 0 amide bonds. The van der Waals surface area contributed by atoms with E-state index < -0.39 is 11.4 Å². The molecule has 0 aliphatic carbocycles. The van der Waals surface area contributed by atoms with Crippen molar-refractivity contribution in [1.82, 2.24) is 9.97 Å². The lowest BCUT2D eigenvalue weighted by Gasteiger charge is -2.17. The van der Waals surface area contributed by atoms with Crippen LogP contribution in [0.5, 0.6) is 0 Å². The molecule has 1 atom stereocenters. The Kier molecular flexibility index (Phi) is 4.76. The monoisotopic (exact) mass is 257 g/mol. The topological polar surface area (TPSA) is 61.2 Å². The van der Waals surface area contributed by atoms with Gasteiger partial charge in [0.2, 0.25) is 0 Å². The van der Waals surface area contributed by atoms with E-state index in [1.54, 1.807) is 12.3 Å². The third kappa shape index (κ3) is 4.11. The summed E-state index contributed by atoms with van der Waals surface area (Å²) in [7, 11) is 0. The molecule has 1 rings (SSSR count). The molecule has 0 aliphatic heterocycles. The van der Waals surface area contributed by atoms with Gasteiger partial charge in [0, 0.05) is 6.20 Å². The van der Waals surface area contributed by atoms with Crippen LogP contribution in [0.15, 0.2) is 21.8 Å². The molecule has 6 heteroatoms. The lowest BCUT2D eigenvalue weighted by Crippen LogP contribution is -2.25. The van der Waals surface area contributed by atoms with Gasteiger partial charge in [-0.15, -0.1) is 0 Å². The first-order valence-electron chi connectivity index (χ1n) is 4.76. The quantitative estimate of drug-likeness (QED) is 0.360. The smallest absolute Gasteiger partial charge is 0.187 e. The fraction of sp³-hybridized carbons (Fsp3) is 0.500. The number of rotatable bonds is 3. The lowest BCUT2D eigenvalue weighted by atomic mass is 10.3. The highest BCUT2D eigenvalue weighted by atomic mass is 32.2. The molecule has 0 aliphatic rings. The number of aromatic nitrogens is 2. The van der Waals surface area contributed by atoms with Crippen molar-refractivity contribution in [3.05, 3.63) is 18.0 Å². The predicted octanol–water partition coefficient (Wildman–Crippen LogP) is 2.08. The predicted molar refractivity (Wildman–Crippen MR) is 69.3 cm³/mol. The van der Waals surface area contributed by atoms with E-state index in [2.05, 4.69) is 14.4 Å². The van der Waals surface area contributed by atoms with Crippen LogP contribution in [0.2, 0.25) is 0 Å². The van der Waals surface area contributed by atoms with Crippen molar-refractivity contribution in [1.29, 1.82) is 0 Å². The summed E-state index contributed by atoms with van der Waals surface area (Å²) < 4.78 is 15.3. The zero-order chi connectivity index (χ0) is 12.2. The van der Waals surface area contributed by atoms with E-state index in [1.807, 2.05) is 27.0 Å². The average molecular weight is 257 g/mol. The van der Waals surface area contributed by atoms with Crippen LogP contribution in [0, 0.1) is 0 Å². The van der Waals surface area contributed by atoms with Gasteiger partial charge in [-0.3, -0.25) is 0 Å². The Labute approximate surface area is 103 Å². The van der Waals surface area contributed by atoms with Gasteiger partial charge < -0.3 is 4.55 Å². The van der Waals surface area contributed by atoms with Gasteiger partial charge in [0.15, 0.2) is 5.16 Å². The van der Waals surface area contributed by atoms with Crippen molar-refractivity contribution in [2.24, 2.45) is 4.40 Å². The molecular formula is C10H15N3OS2. The van der Waals surface area contributed by atoms with Gasteiger partial charge in [-0.25, -0.2) is 9.97 Å². The van der Waals surface area contributed by atoms with E-state index in [4.69, 9.17) is 0 Å². The van der Waals surface area contributed by atoms with Gasteiger partial charge >= 0.3 is 0 Å². The standard InChI is InChI=1S/C10H15N3OS2/c1-10(2,3)16(14)12-7-8-5-6-11-9(13-8)15-4/h5-7H,1-4H3/b12-7+. The van der Waals surface area contributed by atoms with Crippen LogP contribution in [0.1, 0.15) is 26.5 Å². The number of hydrogen-bond donors (Lipinski definition) is 0.